The molecule has 0 radical (unpaired) electrons. The van der Waals surface area contributed by atoms with Crippen LogP contribution in [0.1, 0.15) is 11.8 Å². The predicted molar refractivity (Wildman–Crippen MR) is 56.8 cm³/mol. The fraction of sp³-hybridized carbons (Fsp3) is 0.222. The van der Waals surface area contributed by atoms with Gasteiger partial charge in [0.15, 0.2) is 0 Å². The number of hydrogen-bond donors (Lipinski definition) is 0. The van der Waals surface area contributed by atoms with E-state index in [-0.39, 0.29) is 0 Å². The molecular weight excluding hydrogens is 196 g/mol. The van der Waals surface area contributed by atoms with E-state index in [0.29, 0.717) is 5.82 Å². The summed E-state index contributed by atoms with van der Waals surface area (Å²) >= 11 is 1.66. The molecule has 0 aromatic carbocycles. The lowest BCUT2D eigenvalue weighted by molar-refractivity contribution is 0.630. The minimum atomic E-state index is 0.688. The van der Waals surface area contributed by atoms with Gasteiger partial charge in [0.25, 0.3) is 0 Å². The molecule has 14 heavy (non-hydrogen) atoms. The maximum Gasteiger partial charge on any atom is 0.214 e. The van der Waals surface area contributed by atoms with Crippen molar-refractivity contribution in [1.82, 2.24) is 20.2 Å². The zero-order valence-corrected chi connectivity index (χ0v) is 8.82. The van der Waals surface area contributed by atoms with Gasteiger partial charge in [-0.15, -0.1) is 21.5 Å². The fourth-order valence-electron chi connectivity index (χ4n) is 1.11. The predicted octanol–water partition coefficient (Wildman–Crippen LogP) is 1.97. The Bertz CT molecular complexity index is 455. The first-order chi connectivity index (χ1) is 6.79. The lowest BCUT2D eigenvalue weighted by atomic mass is 10.4. The molecule has 5 heteroatoms. The first kappa shape index (κ1) is 9.08. The summed E-state index contributed by atoms with van der Waals surface area (Å²) in [5.41, 5.74) is 0. The number of aromatic nitrogens is 4. The molecule has 0 spiro atoms. The number of allylic oxidation sites excluding steroid dienone is 1. The van der Waals surface area contributed by atoms with Crippen LogP contribution in [0, 0.1) is 0 Å². The molecule has 0 unspecified atom stereocenters. The zero-order chi connectivity index (χ0) is 9.97. The molecule has 4 nitrogen and oxygen atoms in total. The standard InChI is InChI=1S/C9H10N4S/c1-3-4-7-5-6-8(14-7)9-10-12-13(2)11-9/h3-6H,1-2H3/b4-3+. The highest BCUT2D eigenvalue weighted by Crippen LogP contribution is 2.25. The minimum absolute atomic E-state index is 0.688. The van der Waals surface area contributed by atoms with Crippen LogP contribution in [-0.4, -0.2) is 20.2 Å². The van der Waals surface area contributed by atoms with Gasteiger partial charge in [-0.3, -0.25) is 0 Å². The lowest BCUT2D eigenvalue weighted by Crippen LogP contribution is -1.91. The summed E-state index contributed by atoms with van der Waals surface area (Å²) in [6.45, 7) is 2.00. The topological polar surface area (TPSA) is 43.6 Å². The third-order valence-electron chi connectivity index (χ3n) is 1.69. The van der Waals surface area contributed by atoms with Crippen molar-refractivity contribution in [1.29, 1.82) is 0 Å². The van der Waals surface area contributed by atoms with Crippen molar-refractivity contribution in [2.24, 2.45) is 7.05 Å². The smallest absolute Gasteiger partial charge is 0.167 e. The van der Waals surface area contributed by atoms with Crippen LogP contribution in [0.15, 0.2) is 18.2 Å². The molecule has 2 aromatic rings. The molecule has 0 aliphatic heterocycles. The first-order valence-corrected chi connectivity index (χ1v) is 5.08. The van der Waals surface area contributed by atoms with E-state index in [1.165, 1.54) is 9.67 Å². The third-order valence-corrected chi connectivity index (χ3v) is 2.73. The number of hydrogen-bond acceptors (Lipinski definition) is 4. The van der Waals surface area contributed by atoms with Crippen LogP contribution >= 0.6 is 11.3 Å². The van der Waals surface area contributed by atoms with Crippen molar-refractivity contribution in [3.8, 4) is 10.7 Å². The average Bonchev–Trinajstić information content (AvgIpc) is 2.74. The molecule has 2 rings (SSSR count). The van der Waals surface area contributed by atoms with Crippen LogP contribution in [0.25, 0.3) is 16.8 Å². The van der Waals surface area contributed by atoms with Gasteiger partial charge in [0.05, 0.1) is 11.9 Å². The number of aryl methyl sites for hydroxylation is 1. The summed E-state index contributed by atoms with van der Waals surface area (Å²) in [5.74, 6) is 0.688. The number of thiophene rings is 1. The Kier molecular flexibility index (Phi) is 2.41. The molecule has 2 heterocycles. The van der Waals surface area contributed by atoms with Gasteiger partial charge >= 0.3 is 0 Å². The Balaban J connectivity index is 2.33. The summed E-state index contributed by atoms with van der Waals surface area (Å²) in [6.07, 6.45) is 4.07. The Morgan fingerprint density at radius 2 is 2.29 bits per heavy atom. The molecule has 72 valence electrons. The van der Waals surface area contributed by atoms with Crippen LogP contribution < -0.4 is 0 Å². The molecule has 0 atom stereocenters. The summed E-state index contributed by atoms with van der Waals surface area (Å²) < 4.78 is 0. The quantitative estimate of drug-likeness (QED) is 0.754. The van der Waals surface area contributed by atoms with Gasteiger partial charge in [-0.1, -0.05) is 6.08 Å². The van der Waals surface area contributed by atoms with Gasteiger partial charge < -0.3 is 0 Å². The van der Waals surface area contributed by atoms with E-state index in [4.69, 9.17) is 0 Å². The highest BCUT2D eigenvalue weighted by molar-refractivity contribution is 7.16. The summed E-state index contributed by atoms with van der Waals surface area (Å²) in [5, 5.41) is 11.9. The van der Waals surface area contributed by atoms with Crippen LogP contribution in [0.2, 0.25) is 0 Å². The number of rotatable bonds is 2. The van der Waals surface area contributed by atoms with Gasteiger partial charge in [0.1, 0.15) is 0 Å². The van der Waals surface area contributed by atoms with E-state index in [0.717, 1.165) is 4.88 Å². The molecule has 0 bridgehead atoms. The number of nitrogens with zero attached hydrogens (tertiary/aromatic N) is 4. The van der Waals surface area contributed by atoms with E-state index in [2.05, 4.69) is 27.6 Å². The van der Waals surface area contributed by atoms with E-state index >= 15 is 0 Å². The van der Waals surface area contributed by atoms with Crippen molar-refractivity contribution < 1.29 is 0 Å². The number of tetrazole rings is 1. The molecular formula is C9H10N4S. The van der Waals surface area contributed by atoms with Crippen molar-refractivity contribution in [3.05, 3.63) is 23.1 Å². The molecule has 0 amide bonds. The van der Waals surface area contributed by atoms with Crippen molar-refractivity contribution >= 4 is 17.4 Å². The maximum atomic E-state index is 4.14. The summed E-state index contributed by atoms with van der Waals surface area (Å²) in [6, 6.07) is 4.06. The Morgan fingerprint density at radius 3 is 2.93 bits per heavy atom. The molecule has 2 aromatic heterocycles. The molecule has 0 aliphatic carbocycles. The van der Waals surface area contributed by atoms with E-state index in [9.17, 15) is 0 Å². The Morgan fingerprint density at radius 1 is 1.43 bits per heavy atom. The monoisotopic (exact) mass is 206 g/mol. The average molecular weight is 206 g/mol. The lowest BCUT2D eigenvalue weighted by Gasteiger charge is -1.84. The van der Waals surface area contributed by atoms with Crippen LogP contribution in [-0.2, 0) is 7.05 Å². The SMILES string of the molecule is C/C=C/c1ccc(-c2nnn(C)n2)s1. The third kappa shape index (κ3) is 1.72. The van der Waals surface area contributed by atoms with Crippen molar-refractivity contribution in [2.75, 3.05) is 0 Å². The molecule has 0 saturated heterocycles. The second-order valence-corrected chi connectivity index (χ2v) is 3.92. The normalized spacial score (nSPS) is 11.3. The maximum absolute atomic E-state index is 4.14. The van der Waals surface area contributed by atoms with E-state index in [1.54, 1.807) is 18.4 Å². The summed E-state index contributed by atoms with van der Waals surface area (Å²) in [7, 11) is 1.76. The second-order valence-electron chi connectivity index (χ2n) is 2.80. The van der Waals surface area contributed by atoms with E-state index < -0.39 is 0 Å². The first-order valence-electron chi connectivity index (χ1n) is 4.26. The van der Waals surface area contributed by atoms with Gasteiger partial charge in [0, 0.05) is 4.88 Å². The zero-order valence-electron chi connectivity index (χ0n) is 8.01. The van der Waals surface area contributed by atoms with Gasteiger partial charge in [-0.2, -0.15) is 4.80 Å². The minimum Gasteiger partial charge on any atom is -0.167 e. The van der Waals surface area contributed by atoms with E-state index in [1.807, 2.05) is 19.1 Å². The van der Waals surface area contributed by atoms with Crippen molar-refractivity contribution in [2.45, 2.75) is 6.92 Å². The highest BCUT2D eigenvalue weighted by Gasteiger charge is 2.06. The second kappa shape index (κ2) is 3.71. The largest absolute Gasteiger partial charge is 0.214 e. The Labute approximate surface area is 85.9 Å². The van der Waals surface area contributed by atoms with Crippen LogP contribution in [0.5, 0.6) is 0 Å². The molecule has 0 N–H and O–H groups in total. The molecule has 0 aliphatic rings. The fourth-order valence-corrected chi connectivity index (χ4v) is 2.01. The van der Waals surface area contributed by atoms with Gasteiger partial charge in [-0.05, 0) is 30.3 Å². The Hall–Kier alpha value is -1.49. The van der Waals surface area contributed by atoms with Crippen LogP contribution in [0.4, 0.5) is 0 Å². The van der Waals surface area contributed by atoms with Crippen molar-refractivity contribution in [3.63, 3.8) is 0 Å². The highest BCUT2D eigenvalue weighted by atomic mass is 32.1. The van der Waals surface area contributed by atoms with Crippen LogP contribution in [0.3, 0.4) is 0 Å². The molecule has 0 fully saturated rings. The van der Waals surface area contributed by atoms with Gasteiger partial charge in [0.2, 0.25) is 5.82 Å². The van der Waals surface area contributed by atoms with Gasteiger partial charge in [-0.25, -0.2) is 0 Å². The molecule has 0 saturated carbocycles. The summed E-state index contributed by atoms with van der Waals surface area (Å²) in [4.78, 5) is 3.71.